The van der Waals surface area contributed by atoms with Crippen LogP contribution in [0.15, 0.2) is 0 Å². The van der Waals surface area contributed by atoms with Gasteiger partial charge in [0.1, 0.15) is 0 Å². The molecule has 0 unspecified atom stereocenters. The number of ether oxygens (including phenoxy) is 1. The van der Waals surface area contributed by atoms with Gasteiger partial charge in [-0.3, -0.25) is 0 Å². The van der Waals surface area contributed by atoms with Crippen LogP contribution in [0.5, 0.6) is 0 Å². The lowest BCUT2D eigenvalue weighted by Crippen LogP contribution is -2.48. The Labute approximate surface area is 74.4 Å². The highest BCUT2D eigenvalue weighted by Gasteiger charge is 2.48. The number of nitrogens with one attached hydrogen (secondary N) is 1. The fourth-order valence-corrected chi connectivity index (χ4v) is 1.30. The Morgan fingerprint density at radius 2 is 2.00 bits per heavy atom. The van der Waals surface area contributed by atoms with Crippen molar-refractivity contribution in [2.45, 2.75) is 18.4 Å². The number of aliphatic carboxylic acids is 1. The molecule has 0 radical (unpaired) electrons. The number of nitrogens with zero attached hydrogens (tertiary/aromatic N) is 1. The van der Waals surface area contributed by atoms with Crippen LogP contribution in [0.25, 0.3) is 0 Å². The summed E-state index contributed by atoms with van der Waals surface area (Å²) in [4.78, 5) is 13.4. The van der Waals surface area contributed by atoms with Gasteiger partial charge >= 0.3 is 11.7 Å². The first-order valence-electron chi connectivity index (χ1n) is 3.88. The summed E-state index contributed by atoms with van der Waals surface area (Å²) < 4.78 is 4.97. The van der Waals surface area contributed by atoms with Crippen LogP contribution in [-0.4, -0.2) is 45.5 Å². The van der Waals surface area contributed by atoms with Gasteiger partial charge in [-0.1, -0.05) is 0 Å². The molecule has 0 atom stereocenters. The van der Waals surface area contributed by atoms with Crippen molar-refractivity contribution in [3.63, 3.8) is 0 Å². The molecule has 6 nitrogen and oxygen atoms in total. The molecule has 6 heteroatoms. The van der Waals surface area contributed by atoms with E-state index in [4.69, 9.17) is 15.4 Å². The molecule has 0 bridgehead atoms. The zero-order valence-electron chi connectivity index (χ0n) is 6.99. The first-order valence-corrected chi connectivity index (χ1v) is 3.88. The highest BCUT2D eigenvalue weighted by molar-refractivity contribution is 6.36. The van der Waals surface area contributed by atoms with E-state index in [1.54, 1.807) is 0 Å². The van der Waals surface area contributed by atoms with Crippen LogP contribution in [0.4, 0.5) is 0 Å². The van der Waals surface area contributed by atoms with Crippen molar-refractivity contribution in [2.24, 2.45) is 0 Å². The summed E-state index contributed by atoms with van der Waals surface area (Å²) in [5, 5.41) is 18.4. The summed E-state index contributed by atoms with van der Waals surface area (Å²) in [6.07, 6.45) is 0.355. The summed E-state index contributed by atoms with van der Waals surface area (Å²) >= 11 is 0. The van der Waals surface area contributed by atoms with E-state index in [0.717, 1.165) is 0 Å². The maximum absolute atomic E-state index is 10.6. The summed E-state index contributed by atoms with van der Waals surface area (Å²) in [7, 11) is 0. The van der Waals surface area contributed by atoms with E-state index in [1.165, 1.54) is 0 Å². The van der Waals surface area contributed by atoms with Crippen LogP contribution in [0, 0.1) is 5.53 Å². The number of carboxylic acids is 1. The average Bonchev–Trinajstić information content (AvgIpc) is 2.05. The molecule has 0 aliphatic carbocycles. The SMILES string of the molecule is N=[N+]=C(C(=O)O)C1(O)CCOCC1. The molecule has 1 aliphatic rings. The van der Waals surface area contributed by atoms with Crippen molar-refractivity contribution in [1.29, 1.82) is 5.53 Å². The minimum atomic E-state index is -1.49. The second kappa shape index (κ2) is 3.66. The molecule has 0 aromatic rings. The Morgan fingerprint density at radius 1 is 1.46 bits per heavy atom. The van der Waals surface area contributed by atoms with Crippen LogP contribution in [-0.2, 0) is 9.53 Å². The van der Waals surface area contributed by atoms with Crippen molar-refractivity contribution in [3.8, 4) is 0 Å². The third kappa shape index (κ3) is 1.92. The molecule has 0 saturated carbocycles. The van der Waals surface area contributed by atoms with Gasteiger partial charge in [0.25, 0.3) is 0 Å². The summed E-state index contributed by atoms with van der Waals surface area (Å²) in [5.41, 5.74) is 4.66. The largest absolute Gasteiger partial charge is 0.472 e. The van der Waals surface area contributed by atoms with E-state index in [2.05, 4.69) is 4.79 Å². The van der Waals surface area contributed by atoms with Gasteiger partial charge in [-0.05, 0) is 0 Å². The van der Waals surface area contributed by atoms with Gasteiger partial charge in [0, 0.05) is 26.1 Å². The minimum absolute atomic E-state index is 0.178. The molecule has 1 heterocycles. The Hall–Kier alpha value is -1.23. The molecule has 0 aromatic heterocycles. The lowest BCUT2D eigenvalue weighted by molar-refractivity contribution is -0.163. The van der Waals surface area contributed by atoms with Gasteiger partial charge in [-0.2, -0.15) is 0 Å². The fourth-order valence-electron chi connectivity index (χ4n) is 1.30. The number of carboxylic acid groups (broad SMARTS) is 1. The quantitative estimate of drug-likeness (QED) is 0.302. The monoisotopic (exact) mass is 187 g/mol. The molecule has 72 valence electrons. The number of rotatable bonds is 2. The molecule has 1 fully saturated rings. The third-order valence-corrected chi connectivity index (χ3v) is 2.08. The van der Waals surface area contributed by atoms with Gasteiger partial charge in [-0.25, -0.2) is 4.79 Å². The predicted octanol–water partition coefficient (Wildman–Crippen LogP) is -0.707. The maximum atomic E-state index is 10.6. The number of hydrogen-bond acceptors (Lipinski definition) is 4. The van der Waals surface area contributed by atoms with Crippen LogP contribution < -0.4 is 0 Å². The fraction of sp³-hybridized carbons (Fsp3) is 0.714. The standard InChI is InChI=1S/C7H10N2O4/c8-9-5(6(10)11)7(12)1-3-13-4-2-7/h8,12H,1-4H2/p+1. The van der Waals surface area contributed by atoms with Crippen molar-refractivity contribution < 1.29 is 24.5 Å². The molecule has 13 heavy (non-hydrogen) atoms. The van der Waals surface area contributed by atoms with E-state index in [9.17, 15) is 9.90 Å². The van der Waals surface area contributed by atoms with Crippen LogP contribution >= 0.6 is 0 Å². The molecule has 1 rings (SSSR count). The average molecular weight is 187 g/mol. The van der Waals surface area contributed by atoms with Gasteiger partial charge in [0.15, 0.2) is 5.60 Å². The van der Waals surface area contributed by atoms with E-state index in [0.29, 0.717) is 13.2 Å². The topological polar surface area (TPSA) is 105 Å². The normalized spacial score (nSPS) is 20.4. The third-order valence-electron chi connectivity index (χ3n) is 2.08. The first-order chi connectivity index (χ1) is 6.10. The van der Waals surface area contributed by atoms with E-state index >= 15 is 0 Å². The van der Waals surface area contributed by atoms with Crippen molar-refractivity contribution in [1.82, 2.24) is 0 Å². The molecular formula is C7H11N2O4+. The van der Waals surface area contributed by atoms with E-state index in [1.807, 2.05) is 0 Å². The lowest BCUT2D eigenvalue weighted by atomic mass is 9.89. The molecule has 1 aliphatic heterocycles. The number of carbonyl (C=O) groups is 1. The van der Waals surface area contributed by atoms with Gasteiger partial charge in [-0.15, -0.1) is 0 Å². The Kier molecular flexibility index (Phi) is 2.77. The zero-order chi connectivity index (χ0) is 9.90. The smallest absolute Gasteiger partial charge is 0.455 e. The van der Waals surface area contributed by atoms with Gasteiger partial charge in [0.2, 0.25) is 0 Å². The number of aliphatic hydroxyl groups is 1. The van der Waals surface area contributed by atoms with Crippen LogP contribution in [0.1, 0.15) is 12.8 Å². The molecular weight excluding hydrogens is 176 g/mol. The van der Waals surface area contributed by atoms with E-state index in [-0.39, 0.29) is 12.8 Å². The van der Waals surface area contributed by atoms with Crippen LogP contribution in [0.3, 0.4) is 0 Å². The van der Waals surface area contributed by atoms with Crippen molar-refractivity contribution in [3.05, 3.63) is 0 Å². The van der Waals surface area contributed by atoms with Crippen molar-refractivity contribution >= 4 is 11.7 Å². The second-order valence-electron chi connectivity index (χ2n) is 2.91. The summed E-state index contributed by atoms with van der Waals surface area (Å²) in [6.45, 7) is 0.589. The summed E-state index contributed by atoms with van der Waals surface area (Å²) in [5.74, 6) is -1.35. The highest BCUT2D eigenvalue weighted by Crippen LogP contribution is 2.21. The Morgan fingerprint density at radius 3 is 2.38 bits per heavy atom. The van der Waals surface area contributed by atoms with E-state index < -0.39 is 17.3 Å². The van der Waals surface area contributed by atoms with Crippen LogP contribution in [0.2, 0.25) is 0 Å². The highest BCUT2D eigenvalue weighted by atomic mass is 16.5. The van der Waals surface area contributed by atoms with Gasteiger partial charge < -0.3 is 14.9 Å². The summed E-state index contributed by atoms with van der Waals surface area (Å²) in [6, 6.07) is 0. The minimum Gasteiger partial charge on any atom is -0.472 e. The van der Waals surface area contributed by atoms with Gasteiger partial charge in [0.05, 0.1) is 10.3 Å². The molecule has 3 N–H and O–H groups in total. The molecule has 0 amide bonds. The molecule has 1 saturated heterocycles. The Bertz CT molecular complexity index is 264. The second-order valence-corrected chi connectivity index (χ2v) is 2.91. The maximum Gasteiger partial charge on any atom is 0.455 e. The number of hydrogen-bond donors (Lipinski definition) is 3. The molecule has 0 aromatic carbocycles. The first kappa shape index (κ1) is 9.85. The predicted molar refractivity (Wildman–Crippen MR) is 40.6 cm³/mol. The lowest BCUT2D eigenvalue weighted by Gasteiger charge is -2.25. The zero-order valence-corrected chi connectivity index (χ0v) is 6.99. The van der Waals surface area contributed by atoms with Crippen molar-refractivity contribution in [2.75, 3.05) is 13.2 Å². The Balaban J connectivity index is 2.88. The molecule has 0 spiro atoms.